The molecule has 1 atom stereocenters. The topological polar surface area (TPSA) is 70.6 Å². The molecule has 6 heteroatoms. The monoisotopic (exact) mass is 358 g/mol. The van der Waals surface area contributed by atoms with Gasteiger partial charge in [-0.3, -0.25) is 10.1 Å². The van der Waals surface area contributed by atoms with E-state index >= 15 is 0 Å². The van der Waals surface area contributed by atoms with Crippen molar-refractivity contribution in [3.05, 3.63) is 53.6 Å². The molecule has 3 N–H and O–H groups in total. The van der Waals surface area contributed by atoms with Gasteiger partial charge in [-0.15, -0.1) is 0 Å². The molecule has 2 aromatic carbocycles. The molecule has 1 amide bonds. The number of anilines is 1. The molecular weight excluding hydrogens is 336 g/mol. The Morgan fingerprint density at radius 2 is 2.04 bits per heavy atom. The lowest BCUT2D eigenvalue weighted by Crippen LogP contribution is -2.34. The second-order valence-electron chi connectivity index (χ2n) is 5.73. The average Bonchev–Trinajstić information content (AvgIpc) is 2.62. The van der Waals surface area contributed by atoms with E-state index in [9.17, 15) is 9.90 Å². The van der Waals surface area contributed by atoms with Gasteiger partial charge in [-0.05, 0) is 60.5 Å². The Kier molecular flexibility index (Phi) is 6.36. The van der Waals surface area contributed by atoms with Gasteiger partial charge in [0.2, 0.25) is 0 Å². The van der Waals surface area contributed by atoms with Crippen molar-refractivity contribution in [1.82, 2.24) is 5.32 Å². The summed E-state index contributed by atoms with van der Waals surface area (Å²) in [6, 6.07) is 12.1. The summed E-state index contributed by atoms with van der Waals surface area (Å²) in [5.41, 5.74) is 1.99. The Hall–Kier alpha value is -2.60. The Bertz CT molecular complexity index is 777. The van der Waals surface area contributed by atoms with Gasteiger partial charge in [-0.1, -0.05) is 26.0 Å². The number of thiocarbonyl (C=S) groups is 1. The number of hydrogen-bond donors (Lipinski definition) is 3. The van der Waals surface area contributed by atoms with Gasteiger partial charge >= 0.3 is 0 Å². The number of ether oxygens (including phenoxy) is 1. The van der Waals surface area contributed by atoms with Crippen molar-refractivity contribution in [2.75, 3.05) is 12.4 Å². The number of amides is 1. The number of phenols is 1. The predicted molar refractivity (Wildman–Crippen MR) is 103 cm³/mol. The molecule has 0 fully saturated rings. The zero-order valence-corrected chi connectivity index (χ0v) is 15.3. The third-order valence-electron chi connectivity index (χ3n) is 4.01. The van der Waals surface area contributed by atoms with Crippen LogP contribution in [-0.4, -0.2) is 23.2 Å². The highest BCUT2D eigenvalue weighted by atomic mass is 32.1. The highest BCUT2D eigenvalue weighted by Gasteiger charge is 2.12. The van der Waals surface area contributed by atoms with E-state index in [4.69, 9.17) is 17.0 Å². The zero-order chi connectivity index (χ0) is 18.4. The molecule has 0 aliphatic heterocycles. The highest BCUT2D eigenvalue weighted by molar-refractivity contribution is 7.80. The van der Waals surface area contributed by atoms with Crippen LogP contribution >= 0.6 is 12.2 Å². The van der Waals surface area contributed by atoms with Crippen molar-refractivity contribution in [2.45, 2.75) is 26.2 Å². The molecule has 0 heterocycles. The minimum Gasteiger partial charge on any atom is -0.506 e. The molecule has 0 radical (unpaired) electrons. The molecule has 0 spiro atoms. The third kappa shape index (κ3) is 4.93. The third-order valence-corrected chi connectivity index (χ3v) is 4.21. The normalized spacial score (nSPS) is 11.5. The molecular formula is C19H22N2O3S. The minimum absolute atomic E-state index is 0.0741. The number of phenolic OH excluding ortho intramolecular Hbond substituents is 1. The highest BCUT2D eigenvalue weighted by Crippen LogP contribution is 2.29. The smallest absolute Gasteiger partial charge is 0.257 e. The van der Waals surface area contributed by atoms with Crippen LogP contribution in [0.5, 0.6) is 11.5 Å². The summed E-state index contributed by atoms with van der Waals surface area (Å²) in [4.78, 5) is 12.3. The lowest BCUT2D eigenvalue weighted by Gasteiger charge is -2.15. The van der Waals surface area contributed by atoms with E-state index in [0.717, 1.165) is 12.0 Å². The van der Waals surface area contributed by atoms with Crippen LogP contribution in [0, 0.1) is 0 Å². The van der Waals surface area contributed by atoms with Crippen molar-refractivity contribution in [1.29, 1.82) is 0 Å². The van der Waals surface area contributed by atoms with E-state index in [1.165, 1.54) is 7.11 Å². The number of aromatic hydroxyl groups is 1. The molecule has 2 rings (SSSR count). The average molecular weight is 358 g/mol. The van der Waals surface area contributed by atoms with E-state index in [1.807, 2.05) is 12.1 Å². The molecule has 0 saturated heterocycles. The first-order valence-corrected chi connectivity index (χ1v) is 8.44. The van der Waals surface area contributed by atoms with Crippen molar-refractivity contribution in [3.63, 3.8) is 0 Å². The molecule has 5 nitrogen and oxygen atoms in total. The van der Waals surface area contributed by atoms with Crippen LogP contribution in [0.4, 0.5) is 5.69 Å². The molecule has 0 aliphatic carbocycles. The Labute approximate surface area is 153 Å². The van der Waals surface area contributed by atoms with Gasteiger partial charge in [0.05, 0.1) is 12.8 Å². The van der Waals surface area contributed by atoms with Gasteiger partial charge in [0.15, 0.2) is 5.11 Å². The number of carbonyl (C=O) groups excluding carboxylic acids is 1. The number of hydrogen-bond acceptors (Lipinski definition) is 4. The fourth-order valence-electron chi connectivity index (χ4n) is 2.29. The summed E-state index contributed by atoms with van der Waals surface area (Å²) in [6.45, 7) is 4.21. The fourth-order valence-corrected chi connectivity index (χ4v) is 2.49. The van der Waals surface area contributed by atoms with Crippen LogP contribution in [-0.2, 0) is 0 Å². The first-order valence-electron chi connectivity index (χ1n) is 8.04. The van der Waals surface area contributed by atoms with Crippen molar-refractivity contribution >= 4 is 28.9 Å². The molecule has 132 valence electrons. The van der Waals surface area contributed by atoms with E-state index in [1.54, 1.807) is 30.3 Å². The first kappa shape index (κ1) is 18.7. The Morgan fingerprint density at radius 1 is 1.28 bits per heavy atom. The minimum atomic E-state index is -0.353. The summed E-state index contributed by atoms with van der Waals surface area (Å²) >= 11 is 5.19. The number of carbonyl (C=O) groups is 1. The van der Waals surface area contributed by atoms with Crippen LogP contribution in [0.2, 0.25) is 0 Å². The second-order valence-corrected chi connectivity index (χ2v) is 6.13. The van der Waals surface area contributed by atoms with Crippen LogP contribution in [0.25, 0.3) is 0 Å². The molecule has 2 aromatic rings. The molecule has 25 heavy (non-hydrogen) atoms. The van der Waals surface area contributed by atoms with E-state index < -0.39 is 0 Å². The Morgan fingerprint density at radius 3 is 2.72 bits per heavy atom. The van der Waals surface area contributed by atoms with Gasteiger partial charge in [0.25, 0.3) is 5.91 Å². The lowest BCUT2D eigenvalue weighted by molar-refractivity contribution is 0.0977. The second kappa shape index (κ2) is 8.48. The number of methoxy groups -OCH3 is 1. The largest absolute Gasteiger partial charge is 0.506 e. The maximum absolute atomic E-state index is 12.3. The van der Waals surface area contributed by atoms with Crippen molar-refractivity contribution in [2.24, 2.45) is 0 Å². The Balaban J connectivity index is 2.08. The molecule has 0 saturated carbocycles. The predicted octanol–water partition coefficient (Wildman–Crippen LogP) is 4.04. The standard InChI is InChI=1S/C19H22N2O3S/c1-4-12(2)13-8-9-17(22)16(11-13)20-19(25)21-18(23)14-6-5-7-15(10-14)24-3/h5-12,22H,4H2,1-3H3,(H2,20,21,23,25)/t12-/m0/s1. The SMILES string of the molecule is CC[C@H](C)c1ccc(O)c(NC(=S)NC(=O)c2cccc(OC)c2)c1. The number of benzene rings is 2. The first-order chi connectivity index (χ1) is 11.9. The van der Waals surface area contributed by atoms with Gasteiger partial charge in [-0.2, -0.15) is 0 Å². The van der Waals surface area contributed by atoms with E-state index in [2.05, 4.69) is 24.5 Å². The van der Waals surface area contributed by atoms with Crippen LogP contribution in [0.15, 0.2) is 42.5 Å². The molecule has 0 aromatic heterocycles. The van der Waals surface area contributed by atoms with Gasteiger partial charge < -0.3 is 15.2 Å². The van der Waals surface area contributed by atoms with Crippen LogP contribution < -0.4 is 15.4 Å². The summed E-state index contributed by atoms with van der Waals surface area (Å²) in [6.07, 6.45) is 0.987. The summed E-state index contributed by atoms with van der Waals surface area (Å²) in [7, 11) is 1.54. The van der Waals surface area contributed by atoms with Gasteiger partial charge in [0.1, 0.15) is 11.5 Å². The number of rotatable bonds is 5. The fraction of sp³-hybridized carbons (Fsp3) is 0.263. The quantitative estimate of drug-likeness (QED) is 0.556. The molecule has 0 aliphatic rings. The maximum Gasteiger partial charge on any atom is 0.257 e. The van der Waals surface area contributed by atoms with Crippen LogP contribution in [0.1, 0.15) is 42.1 Å². The van der Waals surface area contributed by atoms with Gasteiger partial charge in [-0.25, -0.2) is 0 Å². The van der Waals surface area contributed by atoms with Crippen molar-refractivity contribution in [3.8, 4) is 11.5 Å². The van der Waals surface area contributed by atoms with E-state index in [0.29, 0.717) is 22.9 Å². The molecule has 0 bridgehead atoms. The zero-order valence-electron chi connectivity index (χ0n) is 14.5. The van der Waals surface area contributed by atoms with Crippen LogP contribution in [0.3, 0.4) is 0 Å². The lowest BCUT2D eigenvalue weighted by atomic mass is 9.98. The summed E-state index contributed by atoms with van der Waals surface area (Å²) in [5, 5.41) is 15.6. The maximum atomic E-state index is 12.3. The van der Waals surface area contributed by atoms with Crippen molar-refractivity contribution < 1.29 is 14.6 Å². The summed E-state index contributed by atoms with van der Waals surface area (Å²) in [5.74, 6) is 0.672. The van der Waals surface area contributed by atoms with Gasteiger partial charge in [0, 0.05) is 5.56 Å². The summed E-state index contributed by atoms with van der Waals surface area (Å²) < 4.78 is 5.11. The van der Waals surface area contributed by atoms with E-state index in [-0.39, 0.29) is 16.8 Å². The molecule has 0 unspecified atom stereocenters. The number of nitrogens with one attached hydrogen (secondary N) is 2.